The minimum atomic E-state index is -0.0691. The van der Waals surface area contributed by atoms with Gasteiger partial charge >= 0.3 is 0 Å². The lowest BCUT2D eigenvalue weighted by Crippen LogP contribution is -2.43. The molecule has 0 atom stereocenters. The minimum absolute atomic E-state index is 0.0314. The topological polar surface area (TPSA) is 127 Å². The van der Waals surface area contributed by atoms with E-state index in [1.165, 1.54) is 0 Å². The van der Waals surface area contributed by atoms with E-state index in [0.717, 1.165) is 16.7 Å². The number of nitrogens with one attached hydrogen (secondary N) is 2. The van der Waals surface area contributed by atoms with Gasteiger partial charge < -0.3 is 20.3 Å². The van der Waals surface area contributed by atoms with Crippen LogP contribution in [0.1, 0.15) is 23.2 Å². The number of tetrazole rings is 1. The Morgan fingerprint density at radius 2 is 1.86 bits per heavy atom. The number of piperidine rings is 1. The maximum atomic E-state index is 13.0. The summed E-state index contributed by atoms with van der Waals surface area (Å²) >= 11 is 0. The van der Waals surface area contributed by atoms with Crippen LogP contribution in [0, 0.1) is 5.92 Å². The summed E-state index contributed by atoms with van der Waals surface area (Å²) in [5.74, 6) is 0.450. The Hall–Kier alpha value is -4.12. The number of aromatic nitrogens is 5. The van der Waals surface area contributed by atoms with Gasteiger partial charge in [-0.05, 0) is 59.7 Å². The largest absolute Gasteiger partial charge is 0.383 e. The molecule has 1 fully saturated rings. The SMILES string of the molecule is COCCNC(=O)C1CCN(C(=O)c2ccc(Nc3nc4ccccc4n4nnnc34)cc2)CC1. The van der Waals surface area contributed by atoms with Crippen molar-refractivity contribution in [3.05, 3.63) is 54.1 Å². The van der Waals surface area contributed by atoms with Crippen LogP contribution in [0.2, 0.25) is 0 Å². The average Bonchev–Trinajstić information content (AvgIpc) is 3.40. The fourth-order valence-electron chi connectivity index (χ4n) is 4.27. The summed E-state index contributed by atoms with van der Waals surface area (Å²) in [5, 5.41) is 18.1. The molecule has 0 radical (unpaired) electrons. The smallest absolute Gasteiger partial charge is 0.253 e. The molecule has 1 aliphatic heterocycles. The third kappa shape index (κ3) is 4.76. The van der Waals surface area contributed by atoms with E-state index in [2.05, 4.69) is 31.1 Å². The molecule has 0 aliphatic carbocycles. The van der Waals surface area contributed by atoms with E-state index < -0.39 is 0 Å². The summed E-state index contributed by atoms with van der Waals surface area (Å²) in [7, 11) is 1.60. The van der Waals surface area contributed by atoms with E-state index in [-0.39, 0.29) is 17.7 Å². The quantitative estimate of drug-likeness (QED) is 0.390. The molecule has 0 bridgehead atoms. The molecule has 11 nitrogen and oxygen atoms in total. The van der Waals surface area contributed by atoms with Crippen molar-refractivity contribution < 1.29 is 14.3 Å². The van der Waals surface area contributed by atoms with Crippen LogP contribution < -0.4 is 10.6 Å². The second-order valence-electron chi connectivity index (χ2n) is 8.42. The number of likely N-dealkylation sites (tertiary alicyclic amines) is 1. The van der Waals surface area contributed by atoms with Crippen molar-refractivity contribution in [3.8, 4) is 0 Å². The second kappa shape index (κ2) is 10.0. The van der Waals surface area contributed by atoms with Crippen molar-refractivity contribution in [2.45, 2.75) is 12.8 Å². The lowest BCUT2D eigenvalue weighted by atomic mass is 9.95. The Balaban J connectivity index is 1.23. The Bertz CT molecular complexity index is 1350. The summed E-state index contributed by atoms with van der Waals surface area (Å²) in [5.41, 5.74) is 3.45. The highest BCUT2D eigenvalue weighted by Gasteiger charge is 2.27. The molecule has 0 spiro atoms. The molecule has 2 amide bonds. The first-order valence-corrected chi connectivity index (χ1v) is 11.5. The van der Waals surface area contributed by atoms with Crippen molar-refractivity contribution in [2.24, 2.45) is 5.92 Å². The van der Waals surface area contributed by atoms with Crippen LogP contribution in [0.3, 0.4) is 0 Å². The Kier molecular flexibility index (Phi) is 6.49. The van der Waals surface area contributed by atoms with Gasteiger partial charge in [-0.2, -0.15) is 4.52 Å². The van der Waals surface area contributed by atoms with E-state index in [4.69, 9.17) is 4.74 Å². The number of nitrogens with zero attached hydrogens (tertiary/aromatic N) is 6. The number of amides is 2. The van der Waals surface area contributed by atoms with Crippen LogP contribution in [-0.2, 0) is 9.53 Å². The van der Waals surface area contributed by atoms with Crippen molar-refractivity contribution >= 4 is 40.0 Å². The van der Waals surface area contributed by atoms with E-state index >= 15 is 0 Å². The van der Waals surface area contributed by atoms with Crippen LogP contribution in [0.5, 0.6) is 0 Å². The number of rotatable bonds is 7. The van der Waals surface area contributed by atoms with Gasteiger partial charge in [-0.25, -0.2) is 4.98 Å². The van der Waals surface area contributed by atoms with Gasteiger partial charge in [0.05, 0.1) is 17.6 Å². The summed E-state index contributed by atoms with van der Waals surface area (Å²) in [6.45, 7) is 2.11. The molecule has 2 N–H and O–H groups in total. The maximum absolute atomic E-state index is 13.0. The third-order valence-corrected chi connectivity index (χ3v) is 6.18. The number of ether oxygens (including phenoxy) is 1. The standard InChI is InChI=1S/C24H26N8O3/c1-35-15-12-25-23(33)16-10-13-31(14-11-16)24(34)17-6-8-18(9-7-17)26-21-22-28-29-30-32(22)20-5-3-2-4-19(20)27-21/h2-9,16H,10-15H2,1H3,(H,25,33)(H,26,27). The number of anilines is 2. The van der Waals surface area contributed by atoms with Gasteiger partial charge in [0.2, 0.25) is 11.6 Å². The van der Waals surface area contributed by atoms with Crippen LogP contribution >= 0.6 is 0 Å². The number of carbonyl (C=O) groups excluding carboxylic acids is 2. The van der Waals surface area contributed by atoms with Crippen LogP contribution in [0.15, 0.2) is 48.5 Å². The molecular formula is C24H26N8O3. The second-order valence-corrected chi connectivity index (χ2v) is 8.42. The first-order chi connectivity index (χ1) is 17.1. The van der Waals surface area contributed by atoms with Gasteiger partial charge in [-0.3, -0.25) is 9.59 Å². The molecule has 4 aromatic rings. The maximum Gasteiger partial charge on any atom is 0.253 e. The van der Waals surface area contributed by atoms with Crippen LogP contribution in [-0.4, -0.2) is 75.1 Å². The number of fused-ring (bicyclic) bond motifs is 3. The third-order valence-electron chi connectivity index (χ3n) is 6.18. The van der Waals surface area contributed by atoms with Crippen molar-refractivity contribution in [1.29, 1.82) is 0 Å². The number of benzene rings is 2. The van der Waals surface area contributed by atoms with E-state index in [9.17, 15) is 9.59 Å². The number of carbonyl (C=O) groups is 2. The van der Waals surface area contributed by atoms with Gasteiger partial charge in [0, 0.05) is 43.9 Å². The van der Waals surface area contributed by atoms with E-state index in [0.29, 0.717) is 56.1 Å². The monoisotopic (exact) mass is 474 g/mol. The van der Waals surface area contributed by atoms with Gasteiger partial charge in [0.15, 0.2) is 5.82 Å². The molecule has 11 heteroatoms. The molecule has 0 unspecified atom stereocenters. The molecule has 1 saturated heterocycles. The highest BCUT2D eigenvalue weighted by Crippen LogP contribution is 2.24. The first-order valence-electron chi connectivity index (χ1n) is 11.5. The van der Waals surface area contributed by atoms with Crippen molar-refractivity contribution in [3.63, 3.8) is 0 Å². The predicted octanol–water partition coefficient (Wildman–Crippen LogP) is 2.03. The lowest BCUT2D eigenvalue weighted by molar-refractivity contribution is -0.126. The molecule has 0 saturated carbocycles. The molecule has 2 aromatic heterocycles. The van der Waals surface area contributed by atoms with Gasteiger partial charge in [-0.15, -0.1) is 5.10 Å². The summed E-state index contributed by atoms with van der Waals surface area (Å²) in [6, 6.07) is 14.9. The zero-order valence-electron chi connectivity index (χ0n) is 19.3. The van der Waals surface area contributed by atoms with E-state index in [1.54, 1.807) is 28.7 Å². The fourth-order valence-corrected chi connectivity index (χ4v) is 4.27. The Morgan fingerprint density at radius 1 is 1.09 bits per heavy atom. The molecule has 3 heterocycles. The van der Waals surface area contributed by atoms with Crippen molar-refractivity contribution in [2.75, 3.05) is 38.7 Å². The van der Waals surface area contributed by atoms with Gasteiger partial charge in [-0.1, -0.05) is 12.1 Å². The van der Waals surface area contributed by atoms with Gasteiger partial charge in [0.1, 0.15) is 0 Å². The van der Waals surface area contributed by atoms with Crippen LogP contribution in [0.25, 0.3) is 16.7 Å². The number of methoxy groups -OCH3 is 1. The van der Waals surface area contributed by atoms with E-state index in [1.807, 2.05) is 36.4 Å². The van der Waals surface area contributed by atoms with Crippen molar-refractivity contribution in [1.82, 2.24) is 35.2 Å². The number of para-hydroxylation sites is 2. The summed E-state index contributed by atoms with van der Waals surface area (Å²) in [6.07, 6.45) is 1.31. The zero-order valence-corrected chi connectivity index (χ0v) is 19.3. The molecule has 5 rings (SSSR count). The minimum Gasteiger partial charge on any atom is -0.383 e. The normalized spacial score (nSPS) is 14.4. The van der Waals surface area contributed by atoms with Gasteiger partial charge in [0.25, 0.3) is 5.91 Å². The number of hydrogen-bond donors (Lipinski definition) is 2. The average molecular weight is 475 g/mol. The highest BCUT2D eigenvalue weighted by atomic mass is 16.5. The molecular weight excluding hydrogens is 448 g/mol. The predicted molar refractivity (Wildman–Crippen MR) is 129 cm³/mol. The summed E-state index contributed by atoms with van der Waals surface area (Å²) in [4.78, 5) is 31.7. The molecule has 2 aromatic carbocycles. The molecule has 35 heavy (non-hydrogen) atoms. The molecule has 1 aliphatic rings. The molecule has 180 valence electrons. The fraction of sp³-hybridized carbons (Fsp3) is 0.333. The zero-order chi connectivity index (χ0) is 24.2. The first kappa shape index (κ1) is 22.7. The Morgan fingerprint density at radius 3 is 2.63 bits per heavy atom. The lowest BCUT2D eigenvalue weighted by Gasteiger charge is -2.31. The van der Waals surface area contributed by atoms with Crippen LogP contribution in [0.4, 0.5) is 11.5 Å². The Labute approximate surface area is 201 Å². The summed E-state index contributed by atoms with van der Waals surface area (Å²) < 4.78 is 6.61. The number of hydrogen-bond acceptors (Lipinski definition) is 8. The highest BCUT2D eigenvalue weighted by molar-refractivity contribution is 5.95.